The molecule has 0 radical (unpaired) electrons. The number of rotatable bonds is 11. The van der Waals surface area contributed by atoms with Gasteiger partial charge in [0.1, 0.15) is 12.1 Å². The Kier molecular flexibility index (Phi) is 10.6. The van der Waals surface area contributed by atoms with Crippen LogP contribution in [-0.2, 0) is 14.4 Å². The van der Waals surface area contributed by atoms with Gasteiger partial charge in [-0.2, -0.15) is 12.6 Å². The summed E-state index contributed by atoms with van der Waals surface area (Å²) in [7, 11) is 0. The van der Waals surface area contributed by atoms with Gasteiger partial charge in [-0.05, 0) is 25.3 Å². The molecule has 0 fully saturated rings. The fraction of sp³-hybridized carbons (Fsp3) is 0.786. The number of carbonyl (C=O) groups excluding carboxylic acids is 2. The molecule has 0 saturated heterocycles. The van der Waals surface area contributed by atoms with Gasteiger partial charge in [0.2, 0.25) is 11.8 Å². The van der Waals surface area contributed by atoms with Gasteiger partial charge in [0.15, 0.2) is 0 Å². The Morgan fingerprint density at radius 3 is 2.17 bits per heavy atom. The van der Waals surface area contributed by atoms with E-state index in [1.807, 2.05) is 0 Å². The van der Waals surface area contributed by atoms with E-state index in [4.69, 9.17) is 16.6 Å². The van der Waals surface area contributed by atoms with Crippen LogP contribution in [0.4, 0.5) is 0 Å². The first-order valence-electron chi connectivity index (χ1n) is 7.64. The van der Waals surface area contributed by atoms with Crippen molar-refractivity contribution in [1.82, 2.24) is 10.6 Å². The van der Waals surface area contributed by atoms with E-state index in [9.17, 15) is 14.4 Å². The number of nitrogens with two attached hydrogens (primary N) is 2. The molecule has 7 N–H and O–H groups in total. The Labute approximate surface area is 142 Å². The van der Waals surface area contributed by atoms with Crippen LogP contribution in [0.1, 0.15) is 33.1 Å². The lowest BCUT2D eigenvalue weighted by molar-refractivity contribution is -0.143. The van der Waals surface area contributed by atoms with E-state index in [0.29, 0.717) is 13.0 Å². The number of nitrogens with one attached hydrogen (secondary N) is 2. The normalized spacial score (nSPS) is 14.9. The fourth-order valence-electron chi connectivity index (χ4n) is 1.88. The maximum absolute atomic E-state index is 12.1. The van der Waals surface area contributed by atoms with Gasteiger partial charge in [-0.3, -0.25) is 9.59 Å². The second kappa shape index (κ2) is 11.3. The number of carboxylic acids is 1. The zero-order valence-electron chi connectivity index (χ0n) is 13.6. The van der Waals surface area contributed by atoms with Gasteiger partial charge in [-0.25, -0.2) is 4.79 Å². The highest BCUT2D eigenvalue weighted by Crippen LogP contribution is 2.04. The molecule has 0 aliphatic heterocycles. The molecule has 0 aromatic carbocycles. The largest absolute Gasteiger partial charge is 0.480 e. The first-order chi connectivity index (χ1) is 10.7. The molecule has 0 aliphatic rings. The molecule has 23 heavy (non-hydrogen) atoms. The van der Waals surface area contributed by atoms with E-state index in [2.05, 4.69) is 23.3 Å². The van der Waals surface area contributed by atoms with E-state index >= 15 is 0 Å². The third-order valence-electron chi connectivity index (χ3n) is 3.35. The zero-order valence-corrected chi connectivity index (χ0v) is 14.5. The summed E-state index contributed by atoms with van der Waals surface area (Å²) in [6.45, 7) is 3.89. The first-order valence-corrected chi connectivity index (χ1v) is 8.27. The van der Waals surface area contributed by atoms with Gasteiger partial charge in [-0.1, -0.05) is 20.3 Å². The van der Waals surface area contributed by atoms with Gasteiger partial charge in [0.25, 0.3) is 0 Å². The number of carboxylic acid groups (broad SMARTS) is 1. The van der Waals surface area contributed by atoms with E-state index in [1.165, 1.54) is 0 Å². The minimum absolute atomic E-state index is 0.0392. The second-order valence-electron chi connectivity index (χ2n) is 5.70. The van der Waals surface area contributed by atoms with Gasteiger partial charge < -0.3 is 27.2 Å². The van der Waals surface area contributed by atoms with Crippen molar-refractivity contribution in [2.75, 3.05) is 12.3 Å². The SMILES string of the molecule is CC(C)[C@H](NC(=O)[C@H](CS)NC(=O)[C@@H](N)CCCCN)C(=O)O. The highest BCUT2D eigenvalue weighted by molar-refractivity contribution is 7.80. The number of hydrogen-bond acceptors (Lipinski definition) is 6. The van der Waals surface area contributed by atoms with Crippen molar-refractivity contribution in [1.29, 1.82) is 0 Å². The molecule has 0 heterocycles. The van der Waals surface area contributed by atoms with Crippen LogP contribution >= 0.6 is 12.6 Å². The van der Waals surface area contributed by atoms with Crippen LogP contribution in [0, 0.1) is 5.92 Å². The molecule has 0 saturated carbocycles. The standard InChI is InChI=1S/C14H28N4O4S/c1-8(2)11(14(21)22)18-13(20)10(7-23)17-12(19)9(16)5-3-4-6-15/h8-11,23H,3-7,15-16H2,1-2H3,(H,17,19)(H,18,20)(H,21,22)/t9-,10-,11-/m0/s1. The molecule has 9 heteroatoms. The van der Waals surface area contributed by atoms with Crippen LogP contribution < -0.4 is 22.1 Å². The van der Waals surface area contributed by atoms with Crippen molar-refractivity contribution in [3.8, 4) is 0 Å². The summed E-state index contributed by atoms with van der Waals surface area (Å²) in [4.78, 5) is 35.2. The van der Waals surface area contributed by atoms with Gasteiger partial charge in [-0.15, -0.1) is 0 Å². The molecule has 8 nitrogen and oxygen atoms in total. The molecule has 134 valence electrons. The third kappa shape index (κ3) is 8.19. The van der Waals surface area contributed by atoms with Gasteiger partial charge in [0, 0.05) is 5.75 Å². The molecular formula is C14H28N4O4S. The Morgan fingerprint density at radius 1 is 1.13 bits per heavy atom. The Morgan fingerprint density at radius 2 is 1.74 bits per heavy atom. The summed E-state index contributed by atoms with van der Waals surface area (Å²) < 4.78 is 0. The van der Waals surface area contributed by atoms with Crippen LogP contribution in [0.2, 0.25) is 0 Å². The van der Waals surface area contributed by atoms with Crippen LogP contribution in [-0.4, -0.2) is 53.3 Å². The van der Waals surface area contributed by atoms with Crippen molar-refractivity contribution in [2.45, 2.75) is 51.2 Å². The van der Waals surface area contributed by atoms with Gasteiger partial charge in [0.05, 0.1) is 6.04 Å². The fourth-order valence-corrected chi connectivity index (χ4v) is 2.14. The average molecular weight is 348 g/mol. The maximum Gasteiger partial charge on any atom is 0.326 e. The van der Waals surface area contributed by atoms with Crippen molar-refractivity contribution < 1.29 is 19.5 Å². The number of carbonyl (C=O) groups is 3. The average Bonchev–Trinajstić information content (AvgIpc) is 2.48. The number of unbranched alkanes of at least 4 members (excludes halogenated alkanes) is 1. The highest BCUT2D eigenvalue weighted by Gasteiger charge is 2.28. The molecule has 0 bridgehead atoms. The van der Waals surface area contributed by atoms with Crippen molar-refractivity contribution in [3.63, 3.8) is 0 Å². The molecule has 0 unspecified atom stereocenters. The molecular weight excluding hydrogens is 320 g/mol. The first kappa shape index (κ1) is 21.7. The Bertz CT molecular complexity index is 406. The molecule has 0 aromatic rings. The van der Waals surface area contributed by atoms with Gasteiger partial charge >= 0.3 is 5.97 Å². The third-order valence-corrected chi connectivity index (χ3v) is 3.72. The summed E-state index contributed by atoms with van der Waals surface area (Å²) in [6, 6.07) is -2.70. The number of hydrogen-bond donors (Lipinski definition) is 6. The topological polar surface area (TPSA) is 148 Å². The van der Waals surface area contributed by atoms with E-state index in [0.717, 1.165) is 12.8 Å². The summed E-state index contributed by atoms with van der Waals surface area (Å²) in [5.41, 5.74) is 11.1. The zero-order chi connectivity index (χ0) is 18.0. The predicted octanol–water partition coefficient (Wildman–Crippen LogP) is -0.917. The lowest BCUT2D eigenvalue weighted by Crippen LogP contribution is -2.56. The summed E-state index contributed by atoms with van der Waals surface area (Å²) >= 11 is 4.03. The number of amides is 2. The Hall–Kier alpha value is -1.32. The molecule has 2 amide bonds. The summed E-state index contributed by atoms with van der Waals surface area (Å²) in [6.07, 6.45) is 1.96. The lowest BCUT2D eigenvalue weighted by Gasteiger charge is -2.23. The minimum atomic E-state index is -1.13. The summed E-state index contributed by atoms with van der Waals surface area (Å²) in [5, 5.41) is 14.0. The lowest BCUT2D eigenvalue weighted by atomic mass is 10.0. The summed E-state index contributed by atoms with van der Waals surface area (Å²) in [5.74, 6) is -2.43. The monoisotopic (exact) mass is 348 g/mol. The van der Waals surface area contributed by atoms with Crippen LogP contribution in [0.25, 0.3) is 0 Å². The van der Waals surface area contributed by atoms with Crippen LogP contribution in [0.3, 0.4) is 0 Å². The Balaban J connectivity index is 4.60. The van der Waals surface area contributed by atoms with Crippen molar-refractivity contribution in [3.05, 3.63) is 0 Å². The highest BCUT2D eigenvalue weighted by atomic mass is 32.1. The molecule has 3 atom stereocenters. The minimum Gasteiger partial charge on any atom is -0.480 e. The second-order valence-corrected chi connectivity index (χ2v) is 6.07. The maximum atomic E-state index is 12.1. The molecule has 0 aromatic heterocycles. The quantitative estimate of drug-likeness (QED) is 0.210. The molecule has 0 aliphatic carbocycles. The predicted molar refractivity (Wildman–Crippen MR) is 91.1 cm³/mol. The smallest absolute Gasteiger partial charge is 0.326 e. The van der Waals surface area contributed by atoms with E-state index in [-0.39, 0.29) is 11.7 Å². The van der Waals surface area contributed by atoms with Crippen LogP contribution in [0.5, 0.6) is 0 Å². The van der Waals surface area contributed by atoms with E-state index < -0.39 is 35.9 Å². The van der Waals surface area contributed by atoms with E-state index in [1.54, 1.807) is 13.8 Å². The molecule has 0 spiro atoms. The van der Waals surface area contributed by atoms with Crippen molar-refractivity contribution >= 4 is 30.4 Å². The van der Waals surface area contributed by atoms with Crippen LogP contribution in [0.15, 0.2) is 0 Å². The number of aliphatic carboxylic acids is 1. The number of thiol groups is 1. The van der Waals surface area contributed by atoms with Crippen molar-refractivity contribution in [2.24, 2.45) is 17.4 Å². The molecule has 0 rings (SSSR count).